The number of ether oxygens (including phenoxy) is 2. The number of hydrogen-bond acceptors (Lipinski definition) is 3. The molecule has 0 aromatic heterocycles. The van der Waals surface area contributed by atoms with Crippen LogP contribution in [0, 0.1) is 5.92 Å². The van der Waals surface area contributed by atoms with Gasteiger partial charge in [-0.25, -0.2) is 0 Å². The van der Waals surface area contributed by atoms with Gasteiger partial charge in [0.25, 0.3) is 0 Å². The van der Waals surface area contributed by atoms with Gasteiger partial charge in [-0.05, 0) is 58.8 Å². The molecule has 0 saturated carbocycles. The van der Waals surface area contributed by atoms with E-state index in [1.165, 1.54) is 5.57 Å². The lowest BCUT2D eigenvalue weighted by molar-refractivity contribution is -0.317. The van der Waals surface area contributed by atoms with Crippen molar-refractivity contribution in [3.63, 3.8) is 0 Å². The van der Waals surface area contributed by atoms with Crippen LogP contribution in [0.4, 0.5) is 0 Å². The molecule has 1 aliphatic carbocycles. The topological polar surface area (TPSA) is 42.0 Å². The number of epoxide rings is 1. The third-order valence-electron chi connectivity index (χ3n) is 6.59. The standard InChI is InChI=1S/C20H34O3/c1-14(2)20-12-17-18(4,22-17)11-7-9-15(3)8-6-10-16(21)19(5,13-20)23-20/h9,14,16-17,21H,6-8,10-13H2,1-5H3. The predicted octanol–water partition coefficient (Wildman–Crippen LogP) is 4.38. The Balaban J connectivity index is 1.77. The number of aliphatic hydroxyl groups excluding tert-OH is 1. The van der Waals surface area contributed by atoms with Gasteiger partial charge in [0.05, 0.1) is 29.0 Å². The highest BCUT2D eigenvalue weighted by Crippen LogP contribution is 2.55. The number of fused-ring (bicyclic) bond motifs is 6. The molecule has 3 aliphatic heterocycles. The van der Waals surface area contributed by atoms with Crippen LogP contribution in [0.25, 0.3) is 0 Å². The molecule has 4 rings (SSSR count). The molecule has 2 fully saturated rings. The summed E-state index contributed by atoms with van der Waals surface area (Å²) in [5, 5.41) is 10.6. The van der Waals surface area contributed by atoms with E-state index in [2.05, 4.69) is 40.7 Å². The van der Waals surface area contributed by atoms with Gasteiger partial charge in [0, 0.05) is 12.8 Å². The smallest absolute Gasteiger partial charge is 0.0947 e. The van der Waals surface area contributed by atoms with Gasteiger partial charge in [-0.15, -0.1) is 0 Å². The van der Waals surface area contributed by atoms with Gasteiger partial charge in [0.2, 0.25) is 0 Å². The lowest BCUT2D eigenvalue weighted by atomic mass is 9.68. The van der Waals surface area contributed by atoms with Gasteiger partial charge >= 0.3 is 0 Å². The molecule has 23 heavy (non-hydrogen) atoms. The van der Waals surface area contributed by atoms with E-state index >= 15 is 0 Å². The molecule has 132 valence electrons. The summed E-state index contributed by atoms with van der Waals surface area (Å²) >= 11 is 0. The van der Waals surface area contributed by atoms with Crippen LogP contribution in [-0.2, 0) is 9.47 Å². The van der Waals surface area contributed by atoms with Crippen LogP contribution in [0.5, 0.6) is 0 Å². The molecule has 3 heterocycles. The summed E-state index contributed by atoms with van der Waals surface area (Å²) in [5.41, 5.74) is 0.966. The number of hydrogen-bond donors (Lipinski definition) is 1. The summed E-state index contributed by atoms with van der Waals surface area (Å²) in [4.78, 5) is 0. The van der Waals surface area contributed by atoms with Crippen molar-refractivity contribution in [3.8, 4) is 0 Å². The molecule has 2 bridgehead atoms. The van der Waals surface area contributed by atoms with Crippen LogP contribution in [0.15, 0.2) is 11.6 Å². The van der Waals surface area contributed by atoms with Crippen LogP contribution >= 0.6 is 0 Å². The maximum Gasteiger partial charge on any atom is 0.0947 e. The molecule has 2 saturated heterocycles. The molecule has 0 radical (unpaired) electrons. The summed E-state index contributed by atoms with van der Waals surface area (Å²) < 4.78 is 12.5. The molecule has 0 amide bonds. The maximum absolute atomic E-state index is 10.6. The molecule has 0 spiro atoms. The first kappa shape index (κ1) is 17.4. The van der Waals surface area contributed by atoms with E-state index in [1.54, 1.807) is 0 Å². The Morgan fingerprint density at radius 3 is 2.61 bits per heavy atom. The minimum atomic E-state index is -0.378. The maximum atomic E-state index is 10.6. The third kappa shape index (κ3) is 3.25. The van der Waals surface area contributed by atoms with Gasteiger partial charge in [-0.1, -0.05) is 25.5 Å². The first-order chi connectivity index (χ1) is 10.7. The lowest BCUT2D eigenvalue weighted by Crippen LogP contribution is -2.66. The lowest BCUT2D eigenvalue weighted by Gasteiger charge is -2.59. The van der Waals surface area contributed by atoms with Crippen molar-refractivity contribution in [3.05, 3.63) is 11.6 Å². The van der Waals surface area contributed by atoms with Crippen molar-refractivity contribution in [1.82, 2.24) is 0 Å². The molecule has 5 unspecified atom stereocenters. The Kier molecular flexibility index (Phi) is 4.44. The average molecular weight is 322 g/mol. The van der Waals surface area contributed by atoms with Crippen LogP contribution in [0.3, 0.4) is 0 Å². The van der Waals surface area contributed by atoms with Crippen LogP contribution in [-0.4, -0.2) is 34.1 Å². The van der Waals surface area contributed by atoms with Gasteiger partial charge in [0.15, 0.2) is 0 Å². The average Bonchev–Trinajstić information content (AvgIpc) is 3.05. The molecule has 0 aromatic rings. The highest BCUT2D eigenvalue weighted by Gasteiger charge is 2.63. The van der Waals surface area contributed by atoms with Crippen molar-refractivity contribution in [2.24, 2.45) is 5.92 Å². The summed E-state index contributed by atoms with van der Waals surface area (Å²) in [6.07, 6.45) is 9.34. The van der Waals surface area contributed by atoms with Crippen molar-refractivity contribution in [2.45, 2.75) is 109 Å². The molecular formula is C20H34O3. The van der Waals surface area contributed by atoms with Gasteiger partial charge in [-0.3, -0.25) is 0 Å². The number of aliphatic hydroxyl groups is 1. The molecule has 4 aliphatic rings. The largest absolute Gasteiger partial charge is 0.390 e. The highest BCUT2D eigenvalue weighted by molar-refractivity contribution is 5.13. The van der Waals surface area contributed by atoms with Gasteiger partial charge in [0.1, 0.15) is 0 Å². The Hall–Kier alpha value is -0.380. The van der Waals surface area contributed by atoms with Gasteiger partial charge < -0.3 is 14.6 Å². The Morgan fingerprint density at radius 1 is 1.26 bits per heavy atom. The van der Waals surface area contributed by atoms with Crippen LogP contribution in [0.2, 0.25) is 0 Å². The van der Waals surface area contributed by atoms with E-state index < -0.39 is 0 Å². The molecule has 1 N–H and O–H groups in total. The highest BCUT2D eigenvalue weighted by atomic mass is 16.6. The normalized spacial score (nSPS) is 48.0. The molecule has 5 atom stereocenters. The summed E-state index contributed by atoms with van der Waals surface area (Å²) in [6.45, 7) is 11.0. The molecule has 0 aromatic carbocycles. The molecule has 3 heteroatoms. The predicted molar refractivity (Wildman–Crippen MR) is 92.4 cm³/mol. The van der Waals surface area contributed by atoms with E-state index in [1.807, 2.05) is 0 Å². The monoisotopic (exact) mass is 322 g/mol. The first-order valence-electron chi connectivity index (χ1n) is 9.41. The fraction of sp³-hybridized carbons (Fsp3) is 0.900. The van der Waals surface area contributed by atoms with Gasteiger partial charge in [-0.2, -0.15) is 0 Å². The Morgan fingerprint density at radius 2 is 1.96 bits per heavy atom. The zero-order chi connectivity index (χ0) is 16.9. The Bertz CT molecular complexity index is 475. The number of rotatable bonds is 1. The quantitative estimate of drug-likeness (QED) is 0.575. The second-order valence-corrected chi connectivity index (χ2v) is 8.93. The number of allylic oxidation sites excluding steroid dienone is 2. The molecule has 3 nitrogen and oxygen atoms in total. The fourth-order valence-corrected chi connectivity index (χ4v) is 4.58. The summed E-state index contributed by atoms with van der Waals surface area (Å²) in [6, 6.07) is 0. The fourth-order valence-electron chi connectivity index (χ4n) is 4.58. The second kappa shape index (κ2) is 5.86. The van der Waals surface area contributed by atoms with E-state index in [0.717, 1.165) is 44.9 Å². The van der Waals surface area contributed by atoms with E-state index in [4.69, 9.17) is 9.47 Å². The minimum Gasteiger partial charge on any atom is -0.390 e. The Labute approximate surface area is 141 Å². The third-order valence-corrected chi connectivity index (χ3v) is 6.59. The van der Waals surface area contributed by atoms with Crippen molar-refractivity contribution in [2.75, 3.05) is 0 Å². The zero-order valence-corrected chi connectivity index (χ0v) is 15.5. The van der Waals surface area contributed by atoms with Crippen LogP contribution < -0.4 is 0 Å². The SMILES string of the molecule is CC1=CCCC2(C)OC2CC2(C(C)C)CC(C)(O2)C(O)CCC1. The van der Waals surface area contributed by atoms with Crippen molar-refractivity contribution >= 4 is 0 Å². The van der Waals surface area contributed by atoms with E-state index in [0.29, 0.717) is 12.0 Å². The summed E-state index contributed by atoms with van der Waals surface area (Å²) in [5.74, 6) is 0.450. The van der Waals surface area contributed by atoms with Crippen molar-refractivity contribution in [1.29, 1.82) is 0 Å². The zero-order valence-electron chi connectivity index (χ0n) is 15.5. The van der Waals surface area contributed by atoms with E-state index in [-0.39, 0.29) is 22.9 Å². The summed E-state index contributed by atoms with van der Waals surface area (Å²) in [7, 11) is 0. The second-order valence-electron chi connectivity index (χ2n) is 8.93. The first-order valence-corrected chi connectivity index (χ1v) is 9.41. The minimum absolute atomic E-state index is 0.0246. The van der Waals surface area contributed by atoms with Crippen molar-refractivity contribution < 1.29 is 14.6 Å². The van der Waals surface area contributed by atoms with E-state index in [9.17, 15) is 5.11 Å². The molecular weight excluding hydrogens is 288 g/mol. The van der Waals surface area contributed by atoms with Crippen LogP contribution in [0.1, 0.15) is 79.6 Å².